The van der Waals surface area contributed by atoms with Gasteiger partial charge in [-0.25, -0.2) is 0 Å². The Labute approximate surface area is 120 Å². The van der Waals surface area contributed by atoms with Crippen LogP contribution >= 0.6 is 0 Å². The molecule has 0 N–H and O–H groups in total. The van der Waals surface area contributed by atoms with Gasteiger partial charge in [0.05, 0.1) is 7.11 Å². The summed E-state index contributed by atoms with van der Waals surface area (Å²) in [7, 11) is 1.77. The van der Waals surface area contributed by atoms with Gasteiger partial charge in [-0.1, -0.05) is 19.1 Å². The van der Waals surface area contributed by atoms with Crippen LogP contribution in [-0.4, -0.2) is 12.1 Å². The van der Waals surface area contributed by atoms with Crippen LogP contribution < -0.4 is 4.74 Å². The summed E-state index contributed by atoms with van der Waals surface area (Å²) < 4.78 is 5.51. The molecule has 0 amide bonds. The lowest BCUT2D eigenvalue weighted by atomic mass is 9.73. The first-order chi connectivity index (χ1) is 9.79. The molecule has 2 atom stereocenters. The molecule has 0 saturated carbocycles. The fourth-order valence-corrected chi connectivity index (χ4v) is 3.40. The van der Waals surface area contributed by atoms with E-state index < -0.39 is 0 Å². The average molecular weight is 267 g/mol. The van der Waals surface area contributed by atoms with E-state index in [4.69, 9.17) is 4.74 Å². The lowest BCUT2D eigenvalue weighted by Gasteiger charge is -2.32. The van der Waals surface area contributed by atoms with Gasteiger partial charge >= 0.3 is 0 Å². The van der Waals surface area contributed by atoms with Crippen LogP contribution in [0.2, 0.25) is 0 Å². The van der Waals surface area contributed by atoms with Crippen LogP contribution in [0.15, 0.2) is 42.7 Å². The van der Waals surface area contributed by atoms with Crippen LogP contribution in [0.3, 0.4) is 0 Å². The highest BCUT2D eigenvalue weighted by molar-refractivity contribution is 5.44. The predicted octanol–water partition coefficient (Wildman–Crippen LogP) is 4.00. The van der Waals surface area contributed by atoms with Crippen LogP contribution in [-0.2, 0) is 12.8 Å². The van der Waals surface area contributed by atoms with Crippen LogP contribution in [0.4, 0.5) is 0 Å². The van der Waals surface area contributed by atoms with E-state index in [-0.39, 0.29) is 0 Å². The Morgan fingerprint density at radius 3 is 2.75 bits per heavy atom. The molecule has 1 aromatic carbocycles. The van der Waals surface area contributed by atoms with Gasteiger partial charge in [0.2, 0.25) is 0 Å². The molecule has 1 aliphatic rings. The number of nitrogens with zero attached hydrogens (tertiary/aromatic N) is 1. The molecule has 2 aromatic rings. The van der Waals surface area contributed by atoms with Crippen molar-refractivity contribution in [1.29, 1.82) is 0 Å². The molecule has 0 bridgehead atoms. The molecule has 0 fully saturated rings. The molecular weight excluding hydrogens is 246 g/mol. The maximum Gasteiger partial charge on any atom is 0.122 e. The van der Waals surface area contributed by atoms with Gasteiger partial charge in [-0.3, -0.25) is 4.98 Å². The number of hydrogen-bond donors (Lipinski definition) is 0. The summed E-state index contributed by atoms with van der Waals surface area (Å²) in [5, 5.41) is 0. The highest BCUT2D eigenvalue weighted by atomic mass is 16.5. The molecule has 104 valence electrons. The summed E-state index contributed by atoms with van der Waals surface area (Å²) in [6, 6.07) is 10.7. The molecule has 2 nitrogen and oxygen atoms in total. The Kier molecular flexibility index (Phi) is 3.72. The van der Waals surface area contributed by atoms with Gasteiger partial charge in [0.15, 0.2) is 0 Å². The highest BCUT2D eigenvalue weighted by Gasteiger charge is 2.27. The molecular formula is C18H21NO. The Morgan fingerprint density at radius 2 is 2.00 bits per heavy atom. The van der Waals surface area contributed by atoms with Crippen molar-refractivity contribution in [2.75, 3.05) is 7.11 Å². The van der Waals surface area contributed by atoms with E-state index in [9.17, 15) is 0 Å². The van der Waals surface area contributed by atoms with Crippen LogP contribution in [0.5, 0.6) is 5.75 Å². The Bertz CT molecular complexity index is 579. The first kappa shape index (κ1) is 13.2. The number of rotatable bonds is 3. The highest BCUT2D eigenvalue weighted by Crippen LogP contribution is 2.41. The van der Waals surface area contributed by atoms with E-state index in [0.29, 0.717) is 11.8 Å². The molecule has 0 unspecified atom stereocenters. The molecule has 2 heteroatoms. The average Bonchev–Trinajstić information content (AvgIpc) is 2.51. The van der Waals surface area contributed by atoms with E-state index in [1.807, 2.05) is 12.4 Å². The fourth-order valence-electron chi connectivity index (χ4n) is 3.40. The van der Waals surface area contributed by atoms with Crippen LogP contribution in [0, 0.1) is 5.92 Å². The van der Waals surface area contributed by atoms with Gasteiger partial charge in [-0.2, -0.15) is 0 Å². The van der Waals surface area contributed by atoms with Crippen molar-refractivity contribution in [1.82, 2.24) is 4.98 Å². The smallest absolute Gasteiger partial charge is 0.122 e. The summed E-state index contributed by atoms with van der Waals surface area (Å²) in [4.78, 5) is 4.10. The fraction of sp³-hybridized carbons (Fsp3) is 0.389. The second-order valence-electron chi connectivity index (χ2n) is 5.68. The second kappa shape index (κ2) is 5.66. The first-order valence-electron chi connectivity index (χ1n) is 7.34. The Balaban J connectivity index is 1.84. The van der Waals surface area contributed by atoms with Gasteiger partial charge in [0.25, 0.3) is 0 Å². The molecule has 0 aliphatic heterocycles. The van der Waals surface area contributed by atoms with E-state index >= 15 is 0 Å². The minimum Gasteiger partial charge on any atom is -0.496 e. The van der Waals surface area contributed by atoms with Crippen molar-refractivity contribution < 1.29 is 4.74 Å². The van der Waals surface area contributed by atoms with E-state index in [2.05, 4.69) is 42.2 Å². The standard InChI is InChI=1S/C18H21NO/c1-13-15(12-14-8-10-19-11-9-14)6-7-17-16(13)4-3-5-18(17)20-2/h3-5,8-11,13,15H,6-7,12H2,1-2H3/t13-,15+/m0/s1. The molecule has 1 aromatic heterocycles. The number of ether oxygens (including phenoxy) is 1. The Hall–Kier alpha value is -1.83. The summed E-state index contributed by atoms with van der Waals surface area (Å²) in [6.45, 7) is 2.35. The first-order valence-corrected chi connectivity index (χ1v) is 7.34. The number of hydrogen-bond acceptors (Lipinski definition) is 2. The van der Waals surface area contributed by atoms with Gasteiger partial charge < -0.3 is 4.74 Å². The number of benzene rings is 1. The van der Waals surface area contributed by atoms with Crippen molar-refractivity contribution >= 4 is 0 Å². The third-order valence-electron chi connectivity index (χ3n) is 4.60. The minimum absolute atomic E-state index is 0.585. The number of aromatic nitrogens is 1. The van der Waals surface area contributed by atoms with E-state index in [0.717, 1.165) is 18.6 Å². The van der Waals surface area contributed by atoms with Gasteiger partial charge in [0, 0.05) is 12.4 Å². The van der Waals surface area contributed by atoms with E-state index in [1.54, 1.807) is 7.11 Å². The zero-order valence-electron chi connectivity index (χ0n) is 12.2. The normalized spacial score (nSPS) is 21.3. The molecule has 1 heterocycles. The Morgan fingerprint density at radius 1 is 1.20 bits per heavy atom. The van der Waals surface area contributed by atoms with Crippen molar-refractivity contribution in [3.63, 3.8) is 0 Å². The predicted molar refractivity (Wildman–Crippen MR) is 81.2 cm³/mol. The summed E-state index contributed by atoms with van der Waals surface area (Å²) in [5.41, 5.74) is 4.27. The summed E-state index contributed by atoms with van der Waals surface area (Å²) in [5.74, 6) is 2.34. The van der Waals surface area contributed by atoms with Crippen LogP contribution in [0.1, 0.15) is 36.0 Å². The SMILES string of the molecule is COc1cccc2c1CC[C@H](Cc1ccncc1)[C@@H]2C. The van der Waals surface area contributed by atoms with Crippen molar-refractivity contribution in [3.05, 3.63) is 59.4 Å². The molecule has 1 aliphatic carbocycles. The van der Waals surface area contributed by atoms with Gasteiger partial charge in [0.1, 0.15) is 5.75 Å². The topological polar surface area (TPSA) is 22.1 Å². The minimum atomic E-state index is 0.585. The molecule has 0 spiro atoms. The lowest BCUT2D eigenvalue weighted by Crippen LogP contribution is -2.21. The second-order valence-corrected chi connectivity index (χ2v) is 5.68. The monoisotopic (exact) mass is 267 g/mol. The maximum atomic E-state index is 5.51. The van der Waals surface area contributed by atoms with Gasteiger partial charge in [-0.05, 0) is 66.0 Å². The number of fused-ring (bicyclic) bond motifs is 1. The zero-order chi connectivity index (χ0) is 13.9. The van der Waals surface area contributed by atoms with Gasteiger partial charge in [-0.15, -0.1) is 0 Å². The maximum absolute atomic E-state index is 5.51. The van der Waals surface area contributed by atoms with Crippen molar-refractivity contribution in [2.24, 2.45) is 5.92 Å². The lowest BCUT2D eigenvalue weighted by molar-refractivity contribution is 0.367. The van der Waals surface area contributed by atoms with Crippen LogP contribution in [0.25, 0.3) is 0 Å². The number of methoxy groups -OCH3 is 1. The number of pyridine rings is 1. The third-order valence-corrected chi connectivity index (χ3v) is 4.60. The van der Waals surface area contributed by atoms with Crippen molar-refractivity contribution in [2.45, 2.75) is 32.1 Å². The summed E-state index contributed by atoms with van der Waals surface area (Å²) in [6.07, 6.45) is 7.27. The third kappa shape index (κ3) is 2.43. The largest absolute Gasteiger partial charge is 0.496 e. The van der Waals surface area contributed by atoms with E-state index in [1.165, 1.54) is 23.1 Å². The molecule has 0 radical (unpaired) electrons. The molecule has 3 rings (SSSR count). The molecule has 20 heavy (non-hydrogen) atoms. The molecule has 0 saturated heterocycles. The van der Waals surface area contributed by atoms with Crippen molar-refractivity contribution in [3.8, 4) is 5.75 Å². The zero-order valence-corrected chi connectivity index (χ0v) is 12.2. The summed E-state index contributed by atoms with van der Waals surface area (Å²) >= 11 is 0. The quantitative estimate of drug-likeness (QED) is 0.838.